The molecule has 6 atom stereocenters. The Kier molecular flexibility index (Phi) is 5.22. The normalized spacial score (nSPS) is 36.2. The SMILES string of the molecule is C[C@H]1CC[C@H]2C(C)(C)C(=O)[C@H](Br)C[C@]23Oc2c(cc(Cl)c4c2[C@@H](c2ccccc2O)NC4=O)C[C@]13C. The van der Waals surface area contributed by atoms with E-state index in [2.05, 4.69) is 48.9 Å². The van der Waals surface area contributed by atoms with Crippen molar-refractivity contribution in [2.45, 2.75) is 69.8 Å². The molecular formula is C29H31BrClNO4. The molecule has 2 aromatic carbocycles. The van der Waals surface area contributed by atoms with Crippen LogP contribution in [0.1, 0.15) is 80.0 Å². The Morgan fingerprint density at radius 3 is 2.61 bits per heavy atom. The highest BCUT2D eigenvalue weighted by Gasteiger charge is 2.69. The zero-order valence-electron chi connectivity index (χ0n) is 21.0. The van der Waals surface area contributed by atoms with Crippen LogP contribution in [0.2, 0.25) is 5.02 Å². The van der Waals surface area contributed by atoms with Gasteiger partial charge in [-0.3, -0.25) is 9.59 Å². The van der Waals surface area contributed by atoms with E-state index in [1.165, 1.54) is 0 Å². The summed E-state index contributed by atoms with van der Waals surface area (Å²) < 4.78 is 7.28. The average Bonchev–Trinajstić information content (AvgIpc) is 3.16. The van der Waals surface area contributed by atoms with Crippen LogP contribution in [-0.2, 0) is 11.2 Å². The van der Waals surface area contributed by atoms with E-state index < -0.39 is 17.1 Å². The summed E-state index contributed by atoms with van der Waals surface area (Å²) in [4.78, 5) is 26.2. The summed E-state index contributed by atoms with van der Waals surface area (Å²) >= 11 is 10.5. The Bertz CT molecular complexity index is 1320. The molecule has 2 aliphatic carbocycles. The number of phenols is 1. The molecule has 2 aromatic rings. The molecule has 6 rings (SSSR count). The number of benzene rings is 2. The second-order valence-corrected chi connectivity index (χ2v) is 13.5. The maximum absolute atomic E-state index is 13.4. The second kappa shape index (κ2) is 7.73. The monoisotopic (exact) mass is 571 g/mol. The van der Waals surface area contributed by atoms with Crippen LogP contribution < -0.4 is 10.1 Å². The lowest BCUT2D eigenvalue weighted by Crippen LogP contribution is -2.71. The molecule has 2 aliphatic heterocycles. The standard InChI is InChI=1S/C29H31BrClNO4/c1-14-9-10-20-27(2,3)25(34)17(30)13-29(20)28(14,4)12-15-11-18(31)21-22(24(15)36-29)23(32-26(21)35)16-7-5-6-8-19(16)33/h5-8,11,14,17,20,23,33H,9-10,12-13H2,1-4H3,(H,32,35)/t14-,17+,20-,23+,28+,29-/m0/s1. The average molecular weight is 573 g/mol. The fourth-order valence-corrected chi connectivity index (χ4v) is 9.26. The topological polar surface area (TPSA) is 75.6 Å². The summed E-state index contributed by atoms with van der Waals surface area (Å²) in [6, 6.07) is 8.36. The Labute approximate surface area is 225 Å². The molecule has 190 valence electrons. The molecule has 2 heterocycles. The Balaban J connectivity index is 1.60. The minimum Gasteiger partial charge on any atom is -0.508 e. The van der Waals surface area contributed by atoms with E-state index in [0.717, 1.165) is 24.8 Å². The molecule has 0 radical (unpaired) electrons. The first kappa shape index (κ1) is 24.3. The van der Waals surface area contributed by atoms with Crippen molar-refractivity contribution in [2.24, 2.45) is 22.7 Å². The van der Waals surface area contributed by atoms with E-state index in [4.69, 9.17) is 16.3 Å². The number of alkyl halides is 1. The number of carbonyl (C=O) groups excluding carboxylic acids is 2. The first-order valence-corrected chi connectivity index (χ1v) is 14.0. The van der Waals surface area contributed by atoms with Gasteiger partial charge in [0.15, 0.2) is 5.78 Å². The minimum absolute atomic E-state index is 0.0422. The first-order chi connectivity index (χ1) is 16.9. The van der Waals surface area contributed by atoms with Gasteiger partial charge in [-0.05, 0) is 42.9 Å². The van der Waals surface area contributed by atoms with Crippen LogP contribution in [0.4, 0.5) is 0 Å². The maximum Gasteiger partial charge on any atom is 0.254 e. The van der Waals surface area contributed by atoms with E-state index in [1.54, 1.807) is 12.1 Å². The van der Waals surface area contributed by atoms with Gasteiger partial charge in [0, 0.05) is 34.3 Å². The quantitative estimate of drug-likeness (QED) is 0.390. The fraction of sp³-hybridized carbons (Fsp3) is 0.517. The second-order valence-electron chi connectivity index (χ2n) is 12.0. The molecule has 5 nitrogen and oxygen atoms in total. The van der Waals surface area contributed by atoms with Gasteiger partial charge in [0.05, 0.1) is 21.5 Å². The van der Waals surface area contributed by atoms with E-state index in [9.17, 15) is 14.7 Å². The van der Waals surface area contributed by atoms with Crippen molar-refractivity contribution >= 4 is 39.2 Å². The third-order valence-electron chi connectivity index (χ3n) is 10.0. The molecule has 1 amide bonds. The number of nitrogens with one attached hydrogen (secondary N) is 1. The summed E-state index contributed by atoms with van der Waals surface area (Å²) in [5.41, 5.74) is 1.34. The number of carbonyl (C=O) groups is 2. The summed E-state index contributed by atoms with van der Waals surface area (Å²) in [6.07, 6.45) is 3.28. The van der Waals surface area contributed by atoms with Gasteiger partial charge < -0.3 is 15.2 Å². The lowest BCUT2D eigenvalue weighted by Gasteiger charge is -2.66. The van der Waals surface area contributed by atoms with Gasteiger partial charge in [-0.1, -0.05) is 73.4 Å². The van der Waals surface area contributed by atoms with E-state index in [1.807, 2.05) is 18.2 Å². The third kappa shape index (κ3) is 2.94. The molecule has 4 aliphatic rings. The van der Waals surface area contributed by atoms with Gasteiger partial charge in [-0.2, -0.15) is 0 Å². The molecular weight excluding hydrogens is 542 g/mol. The molecule has 7 heteroatoms. The zero-order valence-corrected chi connectivity index (χ0v) is 23.3. The van der Waals surface area contributed by atoms with Crippen LogP contribution >= 0.6 is 27.5 Å². The van der Waals surface area contributed by atoms with Crippen LogP contribution in [0.5, 0.6) is 11.5 Å². The molecule has 0 unspecified atom stereocenters. The Morgan fingerprint density at radius 2 is 1.89 bits per heavy atom. The van der Waals surface area contributed by atoms with E-state index >= 15 is 0 Å². The fourth-order valence-electron chi connectivity index (χ4n) is 7.87. The smallest absolute Gasteiger partial charge is 0.254 e. The van der Waals surface area contributed by atoms with Gasteiger partial charge in [0.25, 0.3) is 5.91 Å². The number of Topliss-reactive ketones (excluding diaryl/α,β-unsaturated/α-hetero) is 1. The van der Waals surface area contributed by atoms with E-state index in [0.29, 0.717) is 39.8 Å². The zero-order chi connectivity index (χ0) is 25.8. The summed E-state index contributed by atoms with van der Waals surface area (Å²) in [7, 11) is 0. The number of hydrogen-bond acceptors (Lipinski definition) is 4. The molecule has 0 bridgehead atoms. The number of hydrogen-bond donors (Lipinski definition) is 2. The molecule has 0 aromatic heterocycles. The number of fused-ring (bicyclic) bond motifs is 3. The number of rotatable bonds is 1. The molecule has 2 saturated carbocycles. The maximum atomic E-state index is 13.4. The Hall–Kier alpha value is -2.05. The van der Waals surface area contributed by atoms with Gasteiger partial charge in [-0.25, -0.2) is 0 Å². The van der Waals surface area contributed by atoms with Crippen molar-refractivity contribution < 1.29 is 19.4 Å². The summed E-state index contributed by atoms with van der Waals surface area (Å²) in [6.45, 7) is 8.73. The number of aromatic hydroxyl groups is 1. The predicted octanol–water partition coefficient (Wildman–Crippen LogP) is 6.37. The van der Waals surface area contributed by atoms with Crippen molar-refractivity contribution in [1.29, 1.82) is 0 Å². The van der Waals surface area contributed by atoms with E-state index in [-0.39, 0.29) is 33.6 Å². The number of halogens is 2. The van der Waals surface area contributed by atoms with Gasteiger partial charge >= 0.3 is 0 Å². The van der Waals surface area contributed by atoms with Crippen LogP contribution in [0.25, 0.3) is 0 Å². The largest absolute Gasteiger partial charge is 0.508 e. The van der Waals surface area contributed by atoms with Crippen LogP contribution in [-0.4, -0.2) is 27.2 Å². The molecule has 36 heavy (non-hydrogen) atoms. The number of ketones is 1. The summed E-state index contributed by atoms with van der Waals surface area (Å²) in [5.74, 6) is 1.17. The number of ether oxygens (including phenoxy) is 1. The molecule has 1 spiro atoms. The Morgan fingerprint density at radius 1 is 1.17 bits per heavy atom. The van der Waals surface area contributed by atoms with Crippen LogP contribution in [0.3, 0.4) is 0 Å². The van der Waals surface area contributed by atoms with Crippen molar-refractivity contribution in [1.82, 2.24) is 5.32 Å². The lowest BCUT2D eigenvalue weighted by molar-refractivity contribution is -0.207. The van der Waals surface area contributed by atoms with Gasteiger partial charge in [0.2, 0.25) is 0 Å². The molecule has 0 saturated heterocycles. The lowest BCUT2D eigenvalue weighted by atomic mass is 9.44. The predicted molar refractivity (Wildman–Crippen MR) is 142 cm³/mol. The van der Waals surface area contributed by atoms with Crippen LogP contribution in [0.15, 0.2) is 30.3 Å². The third-order valence-corrected chi connectivity index (χ3v) is 11.0. The van der Waals surface area contributed by atoms with Crippen molar-refractivity contribution in [3.63, 3.8) is 0 Å². The van der Waals surface area contributed by atoms with Gasteiger partial charge in [0.1, 0.15) is 17.1 Å². The van der Waals surface area contributed by atoms with Crippen LogP contribution in [0, 0.1) is 22.7 Å². The highest BCUT2D eigenvalue weighted by atomic mass is 79.9. The van der Waals surface area contributed by atoms with Gasteiger partial charge in [-0.15, -0.1) is 0 Å². The highest BCUT2D eigenvalue weighted by Crippen LogP contribution is 2.66. The first-order valence-electron chi connectivity index (χ1n) is 12.7. The summed E-state index contributed by atoms with van der Waals surface area (Å²) in [5, 5.41) is 14.1. The van der Waals surface area contributed by atoms with Crippen molar-refractivity contribution in [2.75, 3.05) is 0 Å². The highest BCUT2D eigenvalue weighted by molar-refractivity contribution is 9.10. The van der Waals surface area contributed by atoms with Crippen molar-refractivity contribution in [3.8, 4) is 11.5 Å². The molecule has 2 fully saturated rings. The molecule has 2 N–H and O–H groups in total. The minimum atomic E-state index is -0.584. The van der Waals surface area contributed by atoms with Crippen molar-refractivity contribution in [3.05, 3.63) is 57.6 Å². The number of para-hydroxylation sites is 1. The number of phenolic OH excluding ortho intramolecular Hbond substituents is 1. The number of amides is 1.